The van der Waals surface area contributed by atoms with Crippen LogP contribution in [0.5, 0.6) is 0 Å². The largest absolute Gasteiger partial charge is 0.245 e. The smallest absolute Gasteiger partial charge is 0.211 e. The van der Waals surface area contributed by atoms with Crippen molar-refractivity contribution in [3.8, 4) is 0 Å². The topological polar surface area (TPSA) is 66.8 Å². The minimum atomic E-state index is -3.82. The highest BCUT2D eigenvalue weighted by atomic mass is 32.2. The lowest BCUT2D eigenvalue weighted by Crippen LogP contribution is -2.43. The molecular weight excluding hydrogens is 295 g/mol. The molecule has 21 heavy (non-hydrogen) atoms. The molecule has 1 atom stereocenters. The van der Waals surface area contributed by atoms with Crippen molar-refractivity contribution in [1.29, 1.82) is 0 Å². The maximum absolute atomic E-state index is 13.4. The first-order valence-corrected chi connectivity index (χ1v) is 8.17. The summed E-state index contributed by atoms with van der Waals surface area (Å²) < 4.78 is 40.3. The van der Waals surface area contributed by atoms with Crippen molar-refractivity contribution in [3.63, 3.8) is 0 Å². The van der Waals surface area contributed by atoms with Gasteiger partial charge in [-0.1, -0.05) is 0 Å². The Bertz CT molecular complexity index is 673. The lowest BCUT2D eigenvalue weighted by Gasteiger charge is -2.32. The molecule has 0 bridgehead atoms. The molecule has 7 heteroatoms. The molecule has 1 unspecified atom stereocenters. The van der Waals surface area contributed by atoms with Crippen molar-refractivity contribution in [1.82, 2.24) is 4.31 Å². The Balaban J connectivity index is 2.53. The highest BCUT2D eigenvalue weighted by molar-refractivity contribution is 7.89. The predicted molar refractivity (Wildman–Crippen MR) is 75.5 cm³/mol. The minimum absolute atomic E-state index is 0.0944. The van der Waals surface area contributed by atoms with Gasteiger partial charge >= 0.3 is 0 Å². The van der Waals surface area contributed by atoms with Crippen molar-refractivity contribution >= 4 is 16.1 Å². The monoisotopic (exact) mass is 312 g/mol. The number of carbonyl (C=O) groups excluding carboxylic acids is 1. The fraction of sp³-hybridized carbons (Fsp3) is 0.500. The summed E-state index contributed by atoms with van der Waals surface area (Å²) in [7, 11) is -3.82. The quantitative estimate of drug-likeness (QED) is 0.635. The molecule has 0 aliphatic carbocycles. The van der Waals surface area contributed by atoms with E-state index >= 15 is 0 Å². The summed E-state index contributed by atoms with van der Waals surface area (Å²) in [6, 6.07) is 2.39. The van der Waals surface area contributed by atoms with Gasteiger partial charge in [0.25, 0.3) is 0 Å². The molecule has 1 aliphatic rings. The van der Waals surface area contributed by atoms with Crippen LogP contribution in [0.4, 0.5) is 4.39 Å². The first kappa shape index (κ1) is 15.8. The molecule has 0 spiro atoms. The van der Waals surface area contributed by atoms with Crippen molar-refractivity contribution < 1.29 is 17.6 Å². The number of hydrogen-bond donors (Lipinski definition) is 0. The number of nitrogens with zero attached hydrogens (tertiary/aromatic N) is 2. The summed E-state index contributed by atoms with van der Waals surface area (Å²) in [6.45, 7) is 3.42. The van der Waals surface area contributed by atoms with Gasteiger partial charge in [-0.2, -0.15) is 9.30 Å². The van der Waals surface area contributed by atoms with Crippen LogP contribution in [-0.4, -0.2) is 31.5 Å². The van der Waals surface area contributed by atoms with Gasteiger partial charge in [0, 0.05) is 6.54 Å². The second-order valence-corrected chi connectivity index (χ2v) is 7.01. The van der Waals surface area contributed by atoms with E-state index in [0.717, 1.165) is 6.42 Å². The summed E-state index contributed by atoms with van der Waals surface area (Å²) >= 11 is 0. The van der Waals surface area contributed by atoms with Gasteiger partial charge < -0.3 is 0 Å². The Kier molecular flexibility index (Phi) is 4.56. The van der Waals surface area contributed by atoms with Crippen LogP contribution in [-0.2, 0) is 14.8 Å². The molecular formula is C14H17FN2O3S. The molecule has 1 aromatic rings. The van der Waals surface area contributed by atoms with Crippen LogP contribution in [0.15, 0.2) is 22.0 Å². The van der Waals surface area contributed by atoms with Crippen molar-refractivity contribution in [3.05, 3.63) is 29.1 Å². The summed E-state index contributed by atoms with van der Waals surface area (Å²) in [5.41, 5.74) is 0.707. The van der Waals surface area contributed by atoms with Crippen molar-refractivity contribution in [2.45, 2.75) is 44.2 Å². The van der Waals surface area contributed by atoms with Crippen LogP contribution in [0.1, 0.15) is 30.4 Å². The summed E-state index contributed by atoms with van der Waals surface area (Å²) in [4.78, 5) is 14.2. The number of aryl methyl sites for hydroxylation is 2. The van der Waals surface area contributed by atoms with Crippen molar-refractivity contribution in [2.75, 3.05) is 6.54 Å². The second-order valence-electron chi connectivity index (χ2n) is 5.18. The van der Waals surface area contributed by atoms with E-state index in [1.165, 1.54) is 22.5 Å². The molecule has 1 aliphatic heterocycles. The molecule has 0 amide bonds. The molecule has 1 aromatic carbocycles. The zero-order valence-electron chi connectivity index (χ0n) is 12.0. The molecule has 0 N–H and O–H groups in total. The van der Waals surface area contributed by atoms with Gasteiger partial charge in [0.15, 0.2) is 0 Å². The number of piperidine rings is 1. The van der Waals surface area contributed by atoms with Crippen LogP contribution in [0.3, 0.4) is 0 Å². The fourth-order valence-electron chi connectivity index (χ4n) is 2.78. The summed E-state index contributed by atoms with van der Waals surface area (Å²) in [5, 5.41) is 0. The van der Waals surface area contributed by atoms with Gasteiger partial charge in [0.05, 0.1) is 4.90 Å². The number of aliphatic imine (C=N–C) groups is 1. The molecule has 1 fully saturated rings. The predicted octanol–water partition coefficient (Wildman–Crippen LogP) is 2.28. The molecule has 5 nitrogen and oxygen atoms in total. The van der Waals surface area contributed by atoms with Gasteiger partial charge in [-0.25, -0.2) is 17.6 Å². The minimum Gasteiger partial charge on any atom is -0.211 e. The number of benzene rings is 1. The van der Waals surface area contributed by atoms with E-state index in [0.29, 0.717) is 30.5 Å². The highest BCUT2D eigenvalue weighted by Gasteiger charge is 2.35. The second kappa shape index (κ2) is 6.05. The number of hydrogen-bond acceptors (Lipinski definition) is 4. The van der Waals surface area contributed by atoms with Crippen LogP contribution in [0.2, 0.25) is 0 Å². The van der Waals surface area contributed by atoms with E-state index in [1.807, 2.05) is 0 Å². The lowest BCUT2D eigenvalue weighted by atomic mass is 10.1. The Hall–Kier alpha value is -1.56. The van der Waals surface area contributed by atoms with Gasteiger partial charge in [0.1, 0.15) is 12.0 Å². The zero-order valence-corrected chi connectivity index (χ0v) is 12.8. The molecule has 2 rings (SSSR count). The Labute approximate surface area is 123 Å². The normalized spacial score (nSPS) is 20.0. The van der Waals surface area contributed by atoms with Gasteiger partial charge in [0.2, 0.25) is 16.1 Å². The van der Waals surface area contributed by atoms with Gasteiger partial charge in [-0.3, -0.25) is 0 Å². The van der Waals surface area contributed by atoms with E-state index in [9.17, 15) is 17.6 Å². The first-order valence-electron chi connectivity index (χ1n) is 6.73. The third kappa shape index (κ3) is 3.05. The van der Waals surface area contributed by atoms with E-state index in [1.54, 1.807) is 13.8 Å². The standard InChI is InChI=1S/C14H17FN2O3S/c1-10-7-12(15)8-11(2)14(10)21(19,20)17-6-4-3-5-13(17)16-9-18/h7-8,13H,3-6H2,1-2H3. The average Bonchev–Trinajstić information content (AvgIpc) is 2.37. The number of halogens is 1. The zero-order chi connectivity index (χ0) is 15.6. The fourth-order valence-corrected chi connectivity index (χ4v) is 4.79. The third-order valence-corrected chi connectivity index (χ3v) is 5.82. The van der Waals surface area contributed by atoms with Gasteiger partial charge in [-0.05, 0) is 56.4 Å². The molecule has 114 valence electrons. The average molecular weight is 312 g/mol. The van der Waals surface area contributed by atoms with Crippen LogP contribution >= 0.6 is 0 Å². The van der Waals surface area contributed by atoms with Crippen molar-refractivity contribution in [2.24, 2.45) is 4.99 Å². The maximum atomic E-state index is 13.4. The maximum Gasteiger partial charge on any atom is 0.245 e. The highest BCUT2D eigenvalue weighted by Crippen LogP contribution is 2.30. The Morgan fingerprint density at radius 3 is 2.48 bits per heavy atom. The SMILES string of the molecule is Cc1cc(F)cc(C)c1S(=O)(=O)N1CCCCC1N=C=O. The molecule has 0 aromatic heterocycles. The van der Waals surface area contributed by atoms with Crippen LogP contribution < -0.4 is 0 Å². The molecule has 0 radical (unpaired) electrons. The summed E-state index contributed by atoms with van der Waals surface area (Å²) in [5.74, 6) is -0.468. The Morgan fingerprint density at radius 1 is 1.29 bits per heavy atom. The van der Waals surface area contributed by atoms with Crippen LogP contribution in [0, 0.1) is 19.7 Å². The molecule has 1 heterocycles. The molecule has 0 saturated carbocycles. The van der Waals surface area contributed by atoms with E-state index < -0.39 is 22.0 Å². The first-order chi connectivity index (χ1) is 9.87. The molecule has 1 saturated heterocycles. The van der Waals surface area contributed by atoms with E-state index in [4.69, 9.17) is 0 Å². The Morgan fingerprint density at radius 2 is 1.90 bits per heavy atom. The van der Waals surface area contributed by atoms with E-state index in [2.05, 4.69) is 4.99 Å². The number of isocyanates is 1. The van der Waals surface area contributed by atoms with Gasteiger partial charge in [-0.15, -0.1) is 0 Å². The van der Waals surface area contributed by atoms with E-state index in [-0.39, 0.29) is 4.90 Å². The number of sulfonamides is 1. The van der Waals surface area contributed by atoms with Crippen LogP contribution in [0.25, 0.3) is 0 Å². The third-order valence-electron chi connectivity index (χ3n) is 3.62. The number of rotatable bonds is 3. The lowest BCUT2D eigenvalue weighted by molar-refractivity contribution is 0.259. The summed E-state index contributed by atoms with van der Waals surface area (Å²) in [6.07, 6.45) is 2.73.